The number of carbonyl (C=O) groups is 3. The minimum atomic E-state index is -3.68. The lowest BCUT2D eigenvalue weighted by Crippen LogP contribution is -2.68. The van der Waals surface area contributed by atoms with Gasteiger partial charge in [-0.3, -0.25) is 14.4 Å². The highest BCUT2D eigenvalue weighted by molar-refractivity contribution is 7.88. The highest BCUT2D eigenvalue weighted by Crippen LogP contribution is 2.38. The van der Waals surface area contributed by atoms with Gasteiger partial charge in [-0.2, -0.15) is 4.31 Å². The van der Waals surface area contributed by atoms with Crippen molar-refractivity contribution in [2.75, 3.05) is 54.3 Å². The first kappa shape index (κ1) is 26.2. The van der Waals surface area contributed by atoms with Crippen molar-refractivity contribution in [2.45, 2.75) is 19.0 Å². The monoisotopic (exact) mass is 486 g/mol. The lowest BCUT2D eigenvalue weighted by molar-refractivity contribution is -0.150. The van der Waals surface area contributed by atoms with E-state index in [1.165, 1.54) is 40.2 Å². The number of likely N-dealkylation sites (N-methyl/N-ethyl adjacent to an activating group) is 1. The molecule has 1 aromatic carbocycles. The van der Waals surface area contributed by atoms with Gasteiger partial charge in [0, 0.05) is 20.1 Å². The van der Waals surface area contributed by atoms with Gasteiger partial charge in [0.1, 0.15) is 5.54 Å². The maximum absolute atomic E-state index is 12.8. The summed E-state index contributed by atoms with van der Waals surface area (Å²) in [6.45, 7) is 0.661. The molecule has 1 aromatic rings. The SMILES string of the molecule is COc1cc(CNC(=O)CNC(=O)[C@@]2(C)CN(S(C)(=O)=O)CC(=O)N2C)cc(OC)c1OC. The summed E-state index contributed by atoms with van der Waals surface area (Å²) in [6.07, 6.45) is 0.973. The summed E-state index contributed by atoms with van der Waals surface area (Å²) < 4.78 is 40.6. The van der Waals surface area contributed by atoms with E-state index in [9.17, 15) is 22.8 Å². The zero-order valence-electron chi connectivity index (χ0n) is 19.6. The Kier molecular flexibility index (Phi) is 8.14. The van der Waals surface area contributed by atoms with Gasteiger partial charge < -0.3 is 29.7 Å². The second-order valence-electron chi connectivity index (χ2n) is 7.75. The summed E-state index contributed by atoms with van der Waals surface area (Å²) in [6, 6.07) is 3.37. The second kappa shape index (κ2) is 10.3. The highest BCUT2D eigenvalue weighted by atomic mass is 32.2. The van der Waals surface area contributed by atoms with E-state index in [0.717, 1.165) is 10.6 Å². The number of benzene rings is 1. The van der Waals surface area contributed by atoms with E-state index in [2.05, 4.69) is 10.6 Å². The molecule has 3 amide bonds. The van der Waals surface area contributed by atoms with Crippen LogP contribution in [-0.4, -0.2) is 95.2 Å². The fourth-order valence-electron chi connectivity index (χ4n) is 3.35. The number of hydrogen-bond acceptors (Lipinski definition) is 8. The van der Waals surface area contributed by atoms with Gasteiger partial charge in [0.05, 0.1) is 40.7 Å². The van der Waals surface area contributed by atoms with Crippen LogP contribution in [0.5, 0.6) is 17.2 Å². The summed E-state index contributed by atoms with van der Waals surface area (Å²) in [4.78, 5) is 38.6. The van der Waals surface area contributed by atoms with E-state index in [-0.39, 0.29) is 26.2 Å². The normalized spacial score (nSPS) is 19.1. The van der Waals surface area contributed by atoms with Crippen molar-refractivity contribution >= 4 is 27.7 Å². The van der Waals surface area contributed by atoms with Crippen molar-refractivity contribution in [3.05, 3.63) is 17.7 Å². The van der Waals surface area contributed by atoms with Gasteiger partial charge in [-0.15, -0.1) is 0 Å². The standard InChI is InChI=1S/C20H30N4O8S/c1-20(12-24(33(6,28)29)11-17(26)23(20)2)19(27)22-10-16(25)21-9-13-7-14(30-3)18(32-5)15(8-13)31-4/h7-8H,9-12H2,1-6H3,(H,21,25)(H,22,27)/t20-/m1/s1. The van der Waals surface area contributed by atoms with E-state index in [1.807, 2.05) is 0 Å². The first-order valence-electron chi connectivity index (χ1n) is 9.93. The van der Waals surface area contributed by atoms with Crippen molar-refractivity contribution in [3.8, 4) is 17.2 Å². The molecular formula is C20H30N4O8S. The third kappa shape index (κ3) is 5.85. The molecule has 1 saturated heterocycles. The van der Waals surface area contributed by atoms with Gasteiger partial charge in [-0.1, -0.05) is 0 Å². The Morgan fingerprint density at radius 2 is 1.67 bits per heavy atom. The molecule has 33 heavy (non-hydrogen) atoms. The van der Waals surface area contributed by atoms with Gasteiger partial charge in [0.25, 0.3) is 0 Å². The zero-order chi connectivity index (χ0) is 25.0. The van der Waals surface area contributed by atoms with Crippen molar-refractivity contribution < 1.29 is 37.0 Å². The topological polar surface area (TPSA) is 144 Å². The molecule has 0 saturated carbocycles. The van der Waals surface area contributed by atoms with Crippen molar-refractivity contribution in [1.29, 1.82) is 0 Å². The molecule has 1 aliphatic heterocycles. The fraction of sp³-hybridized carbons (Fsp3) is 0.550. The van der Waals surface area contributed by atoms with Crippen molar-refractivity contribution in [1.82, 2.24) is 19.8 Å². The number of sulfonamides is 1. The van der Waals surface area contributed by atoms with Crippen LogP contribution in [0.4, 0.5) is 0 Å². The van der Waals surface area contributed by atoms with Crippen LogP contribution in [0.15, 0.2) is 12.1 Å². The molecule has 12 nitrogen and oxygen atoms in total. The molecule has 0 radical (unpaired) electrons. The first-order chi connectivity index (χ1) is 15.4. The Balaban J connectivity index is 2.02. The average molecular weight is 487 g/mol. The van der Waals surface area contributed by atoms with Crippen LogP contribution < -0.4 is 24.8 Å². The van der Waals surface area contributed by atoms with Gasteiger partial charge in [0.15, 0.2) is 11.5 Å². The minimum absolute atomic E-state index is 0.128. The highest BCUT2D eigenvalue weighted by Gasteiger charge is 2.47. The Labute approximate surface area is 193 Å². The number of nitrogens with zero attached hydrogens (tertiary/aromatic N) is 2. The van der Waals surface area contributed by atoms with Crippen LogP contribution in [-0.2, 0) is 31.0 Å². The van der Waals surface area contributed by atoms with Crippen LogP contribution in [0.2, 0.25) is 0 Å². The van der Waals surface area contributed by atoms with E-state index in [4.69, 9.17) is 14.2 Å². The Morgan fingerprint density at radius 1 is 1.09 bits per heavy atom. The van der Waals surface area contributed by atoms with E-state index < -0.39 is 33.3 Å². The molecule has 184 valence electrons. The largest absolute Gasteiger partial charge is 0.493 e. The number of piperazine rings is 1. The Morgan fingerprint density at radius 3 is 2.15 bits per heavy atom. The minimum Gasteiger partial charge on any atom is -0.493 e. The molecule has 2 N–H and O–H groups in total. The molecule has 0 spiro atoms. The Bertz CT molecular complexity index is 1000. The molecule has 1 aliphatic rings. The predicted molar refractivity (Wildman–Crippen MR) is 119 cm³/mol. The first-order valence-corrected chi connectivity index (χ1v) is 11.8. The number of ether oxygens (including phenoxy) is 3. The number of carbonyl (C=O) groups excluding carboxylic acids is 3. The smallest absolute Gasteiger partial charge is 0.247 e. The molecule has 0 bridgehead atoms. The van der Waals surface area contributed by atoms with Crippen LogP contribution in [0.3, 0.4) is 0 Å². The van der Waals surface area contributed by atoms with Gasteiger partial charge in [0.2, 0.25) is 33.5 Å². The van der Waals surface area contributed by atoms with Crippen molar-refractivity contribution in [3.63, 3.8) is 0 Å². The third-order valence-corrected chi connectivity index (χ3v) is 6.69. The zero-order valence-corrected chi connectivity index (χ0v) is 20.4. The lowest BCUT2D eigenvalue weighted by atomic mass is 9.96. The summed E-state index contributed by atoms with van der Waals surface area (Å²) >= 11 is 0. The molecular weight excluding hydrogens is 456 g/mol. The van der Waals surface area contributed by atoms with E-state index in [0.29, 0.717) is 22.8 Å². The van der Waals surface area contributed by atoms with Crippen LogP contribution in [0.1, 0.15) is 12.5 Å². The molecule has 1 heterocycles. The molecule has 2 rings (SSSR count). The maximum atomic E-state index is 12.8. The van der Waals surface area contributed by atoms with Gasteiger partial charge in [-0.25, -0.2) is 8.42 Å². The summed E-state index contributed by atoms with van der Waals surface area (Å²) in [5, 5.41) is 5.15. The number of nitrogens with one attached hydrogen (secondary N) is 2. The Hall–Kier alpha value is -3.06. The summed E-state index contributed by atoms with van der Waals surface area (Å²) in [5.41, 5.74) is -0.785. The van der Waals surface area contributed by atoms with E-state index in [1.54, 1.807) is 12.1 Å². The summed E-state index contributed by atoms with van der Waals surface area (Å²) in [5.74, 6) is -0.355. The van der Waals surface area contributed by atoms with Gasteiger partial charge in [-0.05, 0) is 24.6 Å². The molecule has 0 aliphatic carbocycles. The number of rotatable bonds is 9. The van der Waals surface area contributed by atoms with Crippen LogP contribution >= 0.6 is 0 Å². The van der Waals surface area contributed by atoms with Crippen LogP contribution in [0.25, 0.3) is 0 Å². The number of amides is 3. The average Bonchev–Trinajstić information content (AvgIpc) is 2.77. The van der Waals surface area contributed by atoms with Crippen LogP contribution in [0, 0.1) is 0 Å². The fourth-order valence-corrected chi connectivity index (χ4v) is 4.18. The predicted octanol–water partition coefficient (Wildman–Crippen LogP) is -1.06. The number of methoxy groups -OCH3 is 3. The third-order valence-electron chi connectivity index (χ3n) is 5.49. The summed E-state index contributed by atoms with van der Waals surface area (Å²) in [7, 11) is 2.19. The molecule has 0 unspecified atom stereocenters. The van der Waals surface area contributed by atoms with E-state index >= 15 is 0 Å². The van der Waals surface area contributed by atoms with Crippen molar-refractivity contribution in [2.24, 2.45) is 0 Å². The molecule has 1 atom stereocenters. The van der Waals surface area contributed by atoms with Gasteiger partial charge >= 0.3 is 0 Å². The second-order valence-corrected chi connectivity index (χ2v) is 9.73. The molecule has 13 heteroatoms. The molecule has 0 aromatic heterocycles. The quantitative estimate of drug-likeness (QED) is 0.449. The maximum Gasteiger partial charge on any atom is 0.247 e. The lowest BCUT2D eigenvalue weighted by Gasteiger charge is -2.44. The molecule has 1 fully saturated rings. The number of hydrogen-bond donors (Lipinski definition) is 2.